The Balaban J connectivity index is 2.68. The molecule has 19 heavy (non-hydrogen) atoms. The summed E-state index contributed by atoms with van der Waals surface area (Å²) in [5.41, 5.74) is 14.7. The van der Waals surface area contributed by atoms with E-state index in [4.69, 9.17) is 11.3 Å². The molecule has 0 aliphatic carbocycles. The van der Waals surface area contributed by atoms with Crippen LogP contribution in [-0.2, 0) is 4.79 Å². The standard InChI is InChI=1S/C12H13N5O2/c1-2-11(18)15-7-10(13)12(19)8-3-5-9(6-4-8)16-17-14/h2-6,10H,1,7,13H2,(H,15,18). The number of azide groups is 1. The van der Waals surface area contributed by atoms with Gasteiger partial charge in [-0.2, -0.15) is 0 Å². The highest BCUT2D eigenvalue weighted by Crippen LogP contribution is 2.13. The molecule has 1 atom stereocenters. The zero-order valence-corrected chi connectivity index (χ0v) is 10.1. The van der Waals surface area contributed by atoms with E-state index < -0.39 is 6.04 Å². The minimum Gasteiger partial charge on any atom is -0.351 e. The van der Waals surface area contributed by atoms with Crippen LogP contribution in [0.15, 0.2) is 42.0 Å². The van der Waals surface area contributed by atoms with Crippen LogP contribution >= 0.6 is 0 Å². The lowest BCUT2D eigenvalue weighted by Crippen LogP contribution is -2.42. The van der Waals surface area contributed by atoms with Gasteiger partial charge in [-0.1, -0.05) is 36.0 Å². The number of carbonyl (C=O) groups excluding carboxylic acids is 2. The Labute approximate surface area is 109 Å². The average Bonchev–Trinajstić information content (AvgIpc) is 2.44. The van der Waals surface area contributed by atoms with E-state index in [1.165, 1.54) is 24.3 Å². The second-order valence-electron chi connectivity index (χ2n) is 3.66. The molecule has 0 radical (unpaired) electrons. The third-order valence-corrected chi connectivity index (χ3v) is 2.33. The van der Waals surface area contributed by atoms with Gasteiger partial charge in [-0.25, -0.2) is 0 Å². The molecule has 0 aliphatic rings. The molecule has 0 spiro atoms. The summed E-state index contributed by atoms with van der Waals surface area (Å²) in [4.78, 5) is 25.5. The van der Waals surface area contributed by atoms with Crippen molar-refractivity contribution in [2.24, 2.45) is 10.8 Å². The Morgan fingerprint density at radius 1 is 1.47 bits per heavy atom. The second kappa shape index (κ2) is 6.95. The van der Waals surface area contributed by atoms with E-state index >= 15 is 0 Å². The third-order valence-electron chi connectivity index (χ3n) is 2.33. The number of hydrogen-bond donors (Lipinski definition) is 2. The lowest BCUT2D eigenvalue weighted by molar-refractivity contribution is -0.116. The summed E-state index contributed by atoms with van der Waals surface area (Å²) in [7, 11) is 0. The van der Waals surface area contributed by atoms with Gasteiger partial charge in [-0.15, -0.1) is 0 Å². The number of carbonyl (C=O) groups is 2. The predicted octanol–water partition coefficient (Wildman–Crippen LogP) is 1.44. The van der Waals surface area contributed by atoms with E-state index in [0.29, 0.717) is 11.3 Å². The van der Waals surface area contributed by atoms with Crippen LogP contribution < -0.4 is 11.1 Å². The largest absolute Gasteiger partial charge is 0.351 e. The normalized spacial score (nSPS) is 11.0. The molecular formula is C12H13N5O2. The molecule has 1 amide bonds. The molecule has 0 saturated carbocycles. The fourth-order valence-electron chi connectivity index (χ4n) is 1.33. The Hall–Kier alpha value is -2.63. The molecule has 98 valence electrons. The summed E-state index contributed by atoms with van der Waals surface area (Å²) < 4.78 is 0. The second-order valence-corrected chi connectivity index (χ2v) is 3.66. The smallest absolute Gasteiger partial charge is 0.243 e. The first-order valence-corrected chi connectivity index (χ1v) is 5.43. The van der Waals surface area contributed by atoms with Crippen molar-refractivity contribution in [2.75, 3.05) is 6.54 Å². The van der Waals surface area contributed by atoms with Gasteiger partial charge in [-0.05, 0) is 11.6 Å². The van der Waals surface area contributed by atoms with Crippen molar-refractivity contribution in [3.8, 4) is 0 Å². The first kappa shape index (κ1) is 14.4. The van der Waals surface area contributed by atoms with Crippen LogP contribution in [0.3, 0.4) is 0 Å². The third kappa shape index (κ3) is 4.27. The molecule has 3 N–H and O–H groups in total. The summed E-state index contributed by atoms with van der Waals surface area (Å²) in [6.45, 7) is 3.32. The van der Waals surface area contributed by atoms with Crippen molar-refractivity contribution in [3.63, 3.8) is 0 Å². The molecule has 0 heterocycles. The van der Waals surface area contributed by atoms with E-state index in [1.807, 2.05) is 0 Å². The molecule has 7 heteroatoms. The molecule has 0 fully saturated rings. The van der Waals surface area contributed by atoms with Crippen LogP contribution in [0.5, 0.6) is 0 Å². The highest BCUT2D eigenvalue weighted by molar-refractivity contribution is 6.00. The molecular weight excluding hydrogens is 246 g/mol. The Kier molecular flexibility index (Phi) is 5.28. The van der Waals surface area contributed by atoms with E-state index in [1.54, 1.807) is 0 Å². The zero-order valence-electron chi connectivity index (χ0n) is 10.1. The van der Waals surface area contributed by atoms with Gasteiger partial charge in [-0.3, -0.25) is 9.59 Å². The maximum absolute atomic E-state index is 11.9. The van der Waals surface area contributed by atoms with Crippen molar-refractivity contribution in [1.82, 2.24) is 5.32 Å². The molecule has 1 rings (SSSR count). The summed E-state index contributed by atoms with van der Waals surface area (Å²) in [6.07, 6.45) is 1.10. The number of amides is 1. The van der Waals surface area contributed by atoms with Gasteiger partial charge < -0.3 is 11.1 Å². The van der Waals surface area contributed by atoms with Gasteiger partial charge in [0.05, 0.1) is 6.04 Å². The number of rotatable bonds is 6. The van der Waals surface area contributed by atoms with Crippen molar-refractivity contribution in [1.29, 1.82) is 0 Å². The zero-order chi connectivity index (χ0) is 14.3. The molecule has 0 aliphatic heterocycles. The number of nitrogens with two attached hydrogens (primary N) is 1. The van der Waals surface area contributed by atoms with E-state index in [0.717, 1.165) is 6.08 Å². The van der Waals surface area contributed by atoms with Crippen LogP contribution in [0.1, 0.15) is 10.4 Å². The molecule has 1 aromatic rings. The molecule has 0 saturated heterocycles. The van der Waals surface area contributed by atoms with Gasteiger partial charge in [0, 0.05) is 22.7 Å². The minimum absolute atomic E-state index is 0.0296. The minimum atomic E-state index is -0.839. The van der Waals surface area contributed by atoms with Crippen LogP contribution in [-0.4, -0.2) is 24.3 Å². The average molecular weight is 259 g/mol. The maximum Gasteiger partial charge on any atom is 0.243 e. The molecule has 1 aromatic carbocycles. The number of Topliss-reactive ketones (excluding diaryl/α,β-unsaturated/α-hetero) is 1. The highest BCUT2D eigenvalue weighted by atomic mass is 16.1. The fraction of sp³-hybridized carbons (Fsp3) is 0.167. The van der Waals surface area contributed by atoms with Gasteiger partial charge in [0.25, 0.3) is 0 Å². The Morgan fingerprint density at radius 3 is 2.63 bits per heavy atom. The Morgan fingerprint density at radius 2 is 2.11 bits per heavy atom. The Bertz CT molecular complexity index is 532. The van der Waals surface area contributed by atoms with E-state index in [9.17, 15) is 9.59 Å². The summed E-state index contributed by atoms with van der Waals surface area (Å²) >= 11 is 0. The molecule has 7 nitrogen and oxygen atoms in total. The number of ketones is 1. The number of benzene rings is 1. The van der Waals surface area contributed by atoms with Crippen molar-refractivity contribution in [3.05, 3.63) is 52.9 Å². The van der Waals surface area contributed by atoms with Crippen molar-refractivity contribution >= 4 is 17.4 Å². The van der Waals surface area contributed by atoms with Gasteiger partial charge in [0.2, 0.25) is 5.91 Å². The maximum atomic E-state index is 11.9. The fourth-order valence-corrected chi connectivity index (χ4v) is 1.33. The molecule has 0 aromatic heterocycles. The lowest BCUT2D eigenvalue weighted by Gasteiger charge is -2.11. The number of hydrogen-bond acceptors (Lipinski definition) is 4. The highest BCUT2D eigenvalue weighted by Gasteiger charge is 2.15. The number of nitrogens with zero attached hydrogens (tertiary/aromatic N) is 3. The van der Waals surface area contributed by atoms with Crippen molar-refractivity contribution < 1.29 is 9.59 Å². The van der Waals surface area contributed by atoms with Crippen LogP contribution in [0, 0.1) is 0 Å². The lowest BCUT2D eigenvalue weighted by atomic mass is 10.0. The summed E-state index contributed by atoms with van der Waals surface area (Å²) in [5.74, 6) is -0.696. The number of nitrogens with one attached hydrogen (secondary N) is 1. The van der Waals surface area contributed by atoms with Crippen molar-refractivity contribution in [2.45, 2.75) is 6.04 Å². The first-order valence-electron chi connectivity index (χ1n) is 5.43. The quantitative estimate of drug-likeness (QED) is 0.264. The monoisotopic (exact) mass is 259 g/mol. The first-order chi connectivity index (χ1) is 9.08. The predicted molar refractivity (Wildman–Crippen MR) is 70.8 cm³/mol. The SMILES string of the molecule is C=CC(=O)NCC(N)C(=O)c1ccc(N=[N+]=[N-])cc1. The molecule has 0 bridgehead atoms. The van der Waals surface area contributed by atoms with Crippen LogP contribution in [0.4, 0.5) is 5.69 Å². The van der Waals surface area contributed by atoms with E-state index in [2.05, 4.69) is 21.9 Å². The van der Waals surface area contributed by atoms with Gasteiger partial charge in [0.1, 0.15) is 0 Å². The van der Waals surface area contributed by atoms with Crippen LogP contribution in [0.25, 0.3) is 10.4 Å². The van der Waals surface area contributed by atoms with Gasteiger partial charge >= 0.3 is 0 Å². The summed E-state index contributed by atoms with van der Waals surface area (Å²) in [5, 5.41) is 5.84. The van der Waals surface area contributed by atoms with Crippen LogP contribution in [0.2, 0.25) is 0 Å². The molecule has 1 unspecified atom stereocenters. The van der Waals surface area contributed by atoms with E-state index in [-0.39, 0.29) is 18.2 Å². The van der Waals surface area contributed by atoms with Gasteiger partial charge in [0.15, 0.2) is 5.78 Å². The topological polar surface area (TPSA) is 121 Å². The summed E-state index contributed by atoms with van der Waals surface area (Å²) in [6, 6.07) is 5.22.